The molecule has 1 fully saturated rings. The molecule has 0 radical (unpaired) electrons. The van der Waals surface area contributed by atoms with Gasteiger partial charge in [-0.3, -0.25) is 9.69 Å². The van der Waals surface area contributed by atoms with Crippen LogP contribution in [0, 0.1) is 5.92 Å². The zero-order valence-corrected chi connectivity index (χ0v) is 13.0. The maximum Gasteiger partial charge on any atom is 0.357 e. The van der Waals surface area contributed by atoms with Gasteiger partial charge in [-0.1, -0.05) is 31.3 Å². The number of aliphatic hydroxyl groups is 1. The third kappa shape index (κ3) is 2.49. The number of nitrogens with zero attached hydrogens (tertiary/aromatic N) is 1. The molecule has 0 bridgehead atoms. The smallest absolute Gasteiger partial charge is 0.357 e. The summed E-state index contributed by atoms with van der Waals surface area (Å²) in [6, 6.07) is 0. The zero-order valence-electron chi connectivity index (χ0n) is 11.4. The van der Waals surface area contributed by atoms with Crippen LogP contribution < -0.4 is 0 Å². The van der Waals surface area contributed by atoms with E-state index in [1.165, 1.54) is 34.5 Å². The molecule has 110 valence electrons. The van der Waals surface area contributed by atoms with Crippen LogP contribution in [0.2, 0.25) is 0 Å². The zero-order chi connectivity index (χ0) is 14.9. The van der Waals surface area contributed by atoms with Gasteiger partial charge in [0.05, 0.1) is 16.3 Å². The summed E-state index contributed by atoms with van der Waals surface area (Å²) in [5.74, 6) is -0.366. The lowest BCUT2D eigenvalue weighted by Crippen LogP contribution is -2.60. The molecule has 1 N–H and O–H groups in total. The summed E-state index contributed by atoms with van der Waals surface area (Å²) < 4.78 is 5.84. The highest BCUT2D eigenvalue weighted by molar-refractivity contribution is 8.22. The molecule has 2 aliphatic heterocycles. The van der Waals surface area contributed by atoms with Gasteiger partial charge in [-0.2, -0.15) is 0 Å². The minimum absolute atomic E-state index is 0.115. The van der Waals surface area contributed by atoms with Gasteiger partial charge in [0, 0.05) is 0 Å². The van der Waals surface area contributed by atoms with E-state index in [1.807, 2.05) is 6.92 Å². The number of carbonyl (C=O) groups is 2. The number of aliphatic hydroxyl groups excluding tert-OH is 1. The van der Waals surface area contributed by atoms with Gasteiger partial charge >= 0.3 is 5.97 Å². The Morgan fingerprint density at radius 3 is 2.95 bits per heavy atom. The van der Waals surface area contributed by atoms with Crippen molar-refractivity contribution in [2.24, 2.45) is 5.92 Å². The average Bonchev–Trinajstić information content (AvgIpc) is 2.70. The Kier molecular flexibility index (Phi) is 4.82. The van der Waals surface area contributed by atoms with Crippen LogP contribution in [0.3, 0.4) is 0 Å². The number of esters is 1. The van der Waals surface area contributed by atoms with E-state index in [4.69, 9.17) is 4.74 Å². The predicted molar refractivity (Wildman–Crippen MR) is 79.7 cm³/mol. The lowest BCUT2D eigenvalue weighted by molar-refractivity contribution is -0.157. The Labute approximate surface area is 126 Å². The molecule has 0 spiro atoms. The molecule has 2 heterocycles. The van der Waals surface area contributed by atoms with Crippen molar-refractivity contribution in [2.75, 3.05) is 12.4 Å². The van der Waals surface area contributed by atoms with Gasteiger partial charge in [-0.25, -0.2) is 4.79 Å². The van der Waals surface area contributed by atoms with Crippen LogP contribution in [-0.2, 0) is 14.3 Å². The van der Waals surface area contributed by atoms with Gasteiger partial charge in [-0.05, 0) is 12.7 Å². The molecule has 3 atom stereocenters. The number of fused-ring (bicyclic) bond motifs is 1. The largest absolute Gasteiger partial charge is 0.457 e. The summed E-state index contributed by atoms with van der Waals surface area (Å²) in [6.07, 6.45) is 0.772. The Balaban J connectivity index is 2.21. The van der Waals surface area contributed by atoms with Gasteiger partial charge in [0.1, 0.15) is 12.0 Å². The summed E-state index contributed by atoms with van der Waals surface area (Å²) in [6.45, 7) is 7.19. The van der Waals surface area contributed by atoms with Crippen LogP contribution in [0.5, 0.6) is 0 Å². The predicted octanol–water partition coefficient (Wildman–Crippen LogP) is 1.55. The second-order valence-corrected chi connectivity index (χ2v) is 7.10. The molecular formula is C13H17NO4S2. The van der Waals surface area contributed by atoms with Crippen molar-refractivity contribution in [2.45, 2.75) is 25.3 Å². The highest BCUT2D eigenvalue weighted by Gasteiger charge is 2.57. The van der Waals surface area contributed by atoms with Crippen LogP contribution in [0.25, 0.3) is 0 Å². The highest BCUT2D eigenvalue weighted by Crippen LogP contribution is 2.53. The van der Waals surface area contributed by atoms with Crippen molar-refractivity contribution in [3.63, 3.8) is 0 Å². The molecule has 1 amide bonds. The van der Waals surface area contributed by atoms with E-state index in [9.17, 15) is 14.7 Å². The number of carbonyl (C=O) groups excluding carboxylic acids is 2. The summed E-state index contributed by atoms with van der Waals surface area (Å²) in [5.41, 5.74) is 0.315. The van der Waals surface area contributed by atoms with E-state index in [0.29, 0.717) is 5.70 Å². The molecule has 0 aliphatic carbocycles. The maximum absolute atomic E-state index is 12.1. The van der Waals surface area contributed by atoms with Gasteiger partial charge in [0.15, 0.2) is 5.70 Å². The topological polar surface area (TPSA) is 66.8 Å². The molecule has 0 saturated carbocycles. The Bertz CT molecular complexity index is 475. The van der Waals surface area contributed by atoms with Crippen molar-refractivity contribution < 1.29 is 19.4 Å². The Morgan fingerprint density at radius 1 is 1.70 bits per heavy atom. The van der Waals surface area contributed by atoms with Crippen molar-refractivity contribution >= 4 is 35.4 Å². The average molecular weight is 315 g/mol. The van der Waals surface area contributed by atoms with Crippen LogP contribution >= 0.6 is 23.5 Å². The normalized spacial score (nSPS) is 26.1. The Morgan fingerprint density at radius 2 is 2.40 bits per heavy atom. The molecule has 1 saturated heterocycles. The monoisotopic (exact) mass is 315 g/mol. The molecule has 0 aromatic rings. The quantitative estimate of drug-likeness (QED) is 0.456. The first-order valence-corrected chi connectivity index (χ1v) is 8.22. The molecule has 2 aliphatic rings. The molecule has 7 heteroatoms. The summed E-state index contributed by atoms with van der Waals surface area (Å²) >= 11 is 2.97. The van der Waals surface area contributed by atoms with Crippen LogP contribution in [-0.4, -0.2) is 45.7 Å². The SMILES string of the molecule is C=CCOC(=O)C1=C(SCC)S[C@@H]2C([C@@H](C)O)C(=O)N12. The third-order valence-electron chi connectivity index (χ3n) is 3.07. The summed E-state index contributed by atoms with van der Waals surface area (Å²) in [5, 5.41) is 9.46. The lowest BCUT2D eigenvalue weighted by atomic mass is 9.92. The van der Waals surface area contributed by atoms with Crippen molar-refractivity contribution in [3.8, 4) is 0 Å². The van der Waals surface area contributed by atoms with Gasteiger partial charge in [0.2, 0.25) is 5.91 Å². The first-order valence-electron chi connectivity index (χ1n) is 6.35. The maximum atomic E-state index is 12.1. The van der Waals surface area contributed by atoms with E-state index in [0.717, 1.165) is 9.99 Å². The first-order chi connectivity index (χ1) is 9.52. The van der Waals surface area contributed by atoms with Gasteiger partial charge in [0.25, 0.3) is 0 Å². The van der Waals surface area contributed by atoms with Crippen LogP contribution in [0.1, 0.15) is 13.8 Å². The van der Waals surface area contributed by atoms with Crippen molar-refractivity contribution in [1.82, 2.24) is 4.90 Å². The highest BCUT2D eigenvalue weighted by atomic mass is 32.2. The van der Waals surface area contributed by atoms with Crippen LogP contribution in [0.15, 0.2) is 22.6 Å². The van der Waals surface area contributed by atoms with Crippen LogP contribution in [0.4, 0.5) is 0 Å². The molecule has 5 nitrogen and oxygen atoms in total. The van der Waals surface area contributed by atoms with E-state index >= 15 is 0 Å². The fourth-order valence-electron chi connectivity index (χ4n) is 2.18. The lowest BCUT2D eigenvalue weighted by Gasteiger charge is -2.43. The second kappa shape index (κ2) is 6.24. The van der Waals surface area contributed by atoms with Gasteiger partial charge < -0.3 is 9.84 Å². The number of rotatable bonds is 6. The minimum atomic E-state index is -0.715. The minimum Gasteiger partial charge on any atom is -0.457 e. The van der Waals surface area contributed by atoms with E-state index < -0.39 is 18.0 Å². The third-order valence-corrected chi connectivity index (χ3v) is 5.61. The Hall–Kier alpha value is -0.920. The fraction of sp³-hybridized carbons (Fsp3) is 0.538. The second-order valence-electron chi connectivity index (χ2n) is 4.44. The number of β-lactam (4-membered cyclic amide) rings is 1. The molecular weight excluding hydrogens is 298 g/mol. The standard InChI is InChI=1S/C13H17NO4S2/c1-4-6-18-12(17)9-13(19-5-2)20-11-8(7(3)15)10(16)14(9)11/h4,7-8,11,15H,1,5-6H2,2-3H3/t7-,8?,11-/m1/s1. The van der Waals surface area contributed by atoms with Crippen molar-refractivity contribution in [3.05, 3.63) is 22.6 Å². The first kappa shape index (κ1) is 15.5. The van der Waals surface area contributed by atoms with Gasteiger partial charge in [-0.15, -0.1) is 11.8 Å². The number of hydrogen-bond acceptors (Lipinski definition) is 6. The number of ether oxygens (including phenoxy) is 1. The van der Waals surface area contributed by atoms with E-state index in [-0.39, 0.29) is 17.9 Å². The van der Waals surface area contributed by atoms with Crippen molar-refractivity contribution in [1.29, 1.82) is 0 Å². The summed E-state index contributed by atoms with van der Waals surface area (Å²) in [7, 11) is 0. The molecule has 1 unspecified atom stereocenters. The molecule has 0 aromatic heterocycles. The molecule has 20 heavy (non-hydrogen) atoms. The fourth-order valence-corrected chi connectivity index (χ4v) is 5.00. The number of hydrogen-bond donors (Lipinski definition) is 1. The number of thioether (sulfide) groups is 2. The van der Waals surface area contributed by atoms with E-state index in [1.54, 1.807) is 6.92 Å². The summed E-state index contributed by atoms with van der Waals surface area (Å²) in [4.78, 5) is 25.6. The molecule has 2 rings (SSSR count). The number of amides is 1. The van der Waals surface area contributed by atoms with E-state index in [2.05, 4.69) is 6.58 Å². The molecule has 0 aromatic carbocycles.